The number of hydrogen-bond donors (Lipinski definition) is 1. The van der Waals surface area contributed by atoms with E-state index in [2.05, 4.69) is 16.5 Å². The van der Waals surface area contributed by atoms with Crippen LogP contribution in [-0.4, -0.2) is 28.3 Å². The molecule has 110 valence electrons. The Bertz CT molecular complexity index is 663. The Balaban J connectivity index is 1.59. The molecular weight excluding hydrogens is 266 g/mol. The van der Waals surface area contributed by atoms with Crippen LogP contribution in [0.1, 0.15) is 28.2 Å². The number of aryl methyl sites for hydroxylation is 3. The third kappa shape index (κ3) is 2.91. The molecule has 5 heteroatoms. The standard InChI is InChI=1S/C16H19N3O2/c1-11-9-14(19(2)18-11)16(20)17-10-13-8-7-12-5-3-4-6-15(12)21-13/h3-6,9,13H,7-8,10H2,1-2H3,(H,17,20)/t13-/m1/s1. The highest BCUT2D eigenvalue weighted by atomic mass is 16.5. The summed E-state index contributed by atoms with van der Waals surface area (Å²) in [5.41, 5.74) is 2.65. The summed E-state index contributed by atoms with van der Waals surface area (Å²) in [6.07, 6.45) is 1.93. The van der Waals surface area contributed by atoms with E-state index in [1.165, 1.54) is 5.56 Å². The number of carbonyl (C=O) groups excluding carboxylic acids is 1. The predicted molar refractivity (Wildman–Crippen MR) is 79.5 cm³/mol. The lowest BCUT2D eigenvalue weighted by Crippen LogP contribution is -2.37. The normalized spacial score (nSPS) is 17.0. The van der Waals surface area contributed by atoms with Gasteiger partial charge in [0, 0.05) is 7.05 Å². The highest BCUT2D eigenvalue weighted by molar-refractivity contribution is 5.92. The van der Waals surface area contributed by atoms with Gasteiger partial charge in [0.1, 0.15) is 17.5 Å². The van der Waals surface area contributed by atoms with Crippen LogP contribution in [0.2, 0.25) is 0 Å². The van der Waals surface area contributed by atoms with Gasteiger partial charge in [-0.1, -0.05) is 18.2 Å². The molecule has 3 rings (SSSR count). The summed E-state index contributed by atoms with van der Waals surface area (Å²) in [5, 5.41) is 7.11. The molecule has 1 aromatic heterocycles. The Morgan fingerprint density at radius 3 is 3.05 bits per heavy atom. The predicted octanol–water partition coefficient (Wildman–Crippen LogP) is 1.85. The minimum atomic E-state index is -0.111. The molecule has 0 radical (unpaired) electrons. The molecule has 0 bridgehead atoms. The topological polar surface area (TPSA) is 56.1 Å². The second-order valence-electron chi connectivity index (χ2n) is 5.39. The Kier molecular flexibility index (Phi) is 3.64. The molecule has 0 fully saturated rings. The fourth-order valence-electron chi connectivity index (χ4n) is 2.64. The molecule has 1 aromatic carbocycles. The third-order valence-corrected chi connectivity index (χ3v) is 3.73. The number of aromatic nitrogens is 2. The molecule has 1 amide bonds. The Morgan fingerprint density at radius 1 is 1.48 bits per heavy atom. The van der Waals surface area contributed by atoms with Crippen LogP contribution in [0.5, 0.6) is 5.75 Å². The molecule has 0 saturated carbocycles. The lowest BCUT2D eigenvalue weighted by Gasteiger charge is -2.26. The quantitative estimate of drug-likeness (QED) is 0.936. The van der Waals surface area contributed by atoms with Crippen LogP contribution in [0.15, 0.2) is 30.3 Å². The molecule has 2 heterocycles. The summed E-state index contributed by atoms with van der Waals surface area (Å²) in [6.45, 7) is 2.38. The first-order valence-electron chi connectivity index (χ1n) is 7.17. The van der Waals surface area contributed by atoms with Crippen molar-refractivity contribution in [3.63, 3.8) is 0 Å². The number of benzene rings is 1. The van der Waals surface area contributed by atoms with Crippen molar-refractivity contribution < 1.29 is 9.53 Å². The van der Waals surface area contributed by atoms with E-state index >= 15 is 0 Å². The van der Waals surface area contributed by atoms with Gasteiger partial charge in [0.05, 0.1) is 12.2 Å². The Labute approximate surface area is 123 Å². The van der Waals surface area contributed by atoms with Gasteiger partial charge in [-0.3, -0.25) is 9.48 Å². The number of amides is 1. The first kappa shape index (κ1) is 13.7. The van der Waals surface area contributed by atoms with Gasteiger partial charge < -0.3 is 10.1 Å². The van der Waals surface area contributed by atoms with Crippen molar-refractivity contribution in [2.75, 3.05) is 6.54 Å². The van der Waals surface area contributed by atoms with Gasteiger partial charge in [-0.05, 0) is 37.5 Å². The number of ether oxygens (including phenoxy) is 1. The second kappa shape index (κ2) is 5.60. The molecule has 2 aromatic rings. The molecule has 1 aliphatic rings. The first-order chi connectivity index (χ1) is 10.1. The number of nitrogens with one attached hydrogen (secondary N) is 1. The van der Waals surface area contributed by atoms with Gasteiger partial charge in [0.2, 0.25) is 0 Å². The van der Waals surface area contributed by atoms with E-state index in [0.29, 0.717) is 12.2 Å². The van der Waals surface area contributed by atoms with Crippen molar-refractivity contribution in [1.82, 2.24) is 15.1 Å². The Hall–Kier alpha value is -2.30. The molecule has 5 nitrogen and oxygen atoms in total. The fourth-order valence-corrected chi connectivity index (χ4v) is 2.64. The summed E-state index contributed by atoms with van der Waals surface area (Å²) < 4.78 is 7.52. The van der Waals surface area contributed by atoms with Gasteiger partial charge in [-0.15, -0.1) is 0 Å². The number of rotatable bonds is 3. The number of nitrogens with zero attached hydrogens (tertiary/aromatic N) is 2. The maximum Gasteiger partial charge on any atom is 0.269 e. The van der Waals surface area contributed by atoms with Crippen LogP contribution in [0, 0.1) is 6.92 Å². The van der Waals surface area contributed by atoms with E-state index in [9.17, 15) is 4.79 Å². The van der Waals surface area contributed by atoms with E-state index in [-0.39, 0.29) is 12.0 Å². The van der Waals surface area contributed by atoms with Crippen LogP contribution in [-0.2, 0) is 13.5 Å². The smallest absolute Gasteiger partial charge is 0.269 e. The molecule has 21 heavy (non-hydrogen) atoms. The van der Waals surface area contributed by atoms with Crippen molar-refractivity contribution in [2.24, 2.45) is 7.05 Å². The van der Waals surface area contributed by atoms with Crippen LogP contribution in [0.25, 0.3) is 0 Å². The lowest BCUT2D eigenvalue weighted by molar-refractivity contribution is 0.0909. The maximum absolute atomic E-state index is 12.1. The minimum Gasteiger partial charge on any atom is -0.488 e. The summed E-state index contributed by atoms with van der Waals surface area (Å²) in [5.74, 6) is 0.819. The summed E-state index contributed by atoms with van der Waals surface area (Å²) >= 11 is 0. The molecule has 0 saturated heterocycles. The highest BCUT2D eigenvalue weighted by Gasteiger charge is 2.20. The van der Waals surface area contributed by atoms with Gasteiger partial charge in [-0.2, -0.15) is 5.10 Å². The van der Waals surface area contributed by atoms with Gasteiger partial charge in [0.15, 0.2) is 0 Å². The Morgan fingerprint density at radius 2 is 2.29 bits per heavy atom. The molecule has 0 unspecified atom stereocenters. The highest BCUT2D eigenvalue weighted by Crippen LogP contribution is 2.26. The average molecular weight is 285 g/mol. The van der Waals surface area contributed by atoms with Gasteiger partial charge in [-0.25, -0.2) is 0 Å². The maximum atomic E-state index is 12.1. The molecule has 1 N–H and O–H groups in total. The van der Waals surface area contributed by atoms with E-state index in [0.717, 1.165) is 24.3 Å². The van der Waals surface area contributed by atoms with E-state index < -0.39 is 0 Å². The van der Waals surface area contributed by atoms with E-state index in [1.807, 2.05) is 25.1 Å². The third-order valence-electron chi connectivity index (χ3n) is 3.73. The first-order valence-corrected chi connectivity index (χ1v) is 7.17. The lowest BCUT2D eigenvalue weighted by atomic mass is 10.0. The summed E-state index contributed by atoms with van der Waals surface area (Å²) in [7, 11) is 1.77. The molecule has 0 aliphatic carbocycles. The molecule has 1 atom stereocenters. The zero-order valence-corrected chi connectivity index (χ0v) is 12.3. The van der Waals surface area contributed by atoms with Gasteiger partial charge in [0.25, 0.3) is 5.91 Å². The minimum absolute atomic E-state index is 0.0261. The largest absolute Gasteiger partial charge is 0.488 e. The van der Waals surface area contributed by atoms with E-state index in [1.54, 1.807) is 17.8 Å². The van der Waals surface area contributed by atoms with Crippen molar-refractivity contribution in [2.45, 2.75) is 25.9 Å². The number of fused-ring (bicyclic) bond motifs is 1. The molecule has 0 spiro atoms. The SMILES string of the molecule is Cc1cc(C(=O)NC[C@H]2CCc3ccccc3O2)n(C)n1. The van der Waals surface area contributed by atoms with Crippen molar-refractivity contribution in [3.05, 3.63) is 47.3 Å². The zero-order valence-electron chi connectivity index (χ0n) is 12.3. The van der Waals surface area contributed by atoms with E-state index in [4.69, 9.17) is 4.74 Å². The van der Waals surface area contributed by atoms with Crippen molar-refractivity contribution in [1.29, 1.82) is 0 Å². The second-order valence-corrected chi connectivity index (χ2v) is 5.39. The molecule has 1 aliphatic heterocycles. The number of hydrogen-bond acceptors (Lipinski definition) is 3. The van der Waals surface area contributed by atoms with Crippen molar-refractivity contribution >= 4 is 5.91 Å². The van der Waals surface area contributed by atoms with Gasteiger partial charge >= 0.3 is 0 Å². The average Bonchev–Trinajstić information content (AvgIpc) is 2.83. The number of carbonyl (C=O) groups is 1. The molecular formula is C16H19N3O2. The van der Waals surface area contributed by atoms with Crippen LogP contribution >= 0.6 is 0 Å². The van der Waals surface area contributed by atoms with Crippen LogP contribution in [0.3, 0.4) is 0 Å². The fraction of sp³-hybridized carbons (Fsp3) is 0.375. The van der Waals surface area contributed by atoms with Crippen LogP contribution < -0.4 is 10.1 Å². The monoisotopic (exact) mass is 285 g/mol. The summed E-state index contributed by atoms with van der Waals surface area (Å²) in [6, 6.07) is 9.84. The number of para-hydroxylation sites is 1. The van der Waals surface area contributed by atoms with Crippen molar-refractivity contribution in [3.8, 4) is 5.75 Å². The van der Waals surface area contributed by atoms with Crippen LogP contribution in [0.4, 0.5) is 0 Å². The zero-order chi connectivity index (χ0) is 14.8. The summed E-state index contributed by atoms with van der Waals surface area (Å²) in [4.78, 5) is 12.1.